The third kappa shape index (κ3) is 4.86. The molecule has 2 heterocycles. The standard InChI is InChI=1S/C23H26N4O3S/c1-18-7-8-21(31(29,30)25-16-19-5-3-2-4-6-19)15-22(18)23(28)26-12-9-20(10-13-26)27-14-11-24-17-27/h2-8,11,14-15,17,20,25H,9-10,12-13,16H2,1H3. The molecule has 1 amide bonds. The highest BCUT2D eigenvalue weighted by Crippen LogP contribution is 2.25. The Hall–Kier alpha value is -2.97. The molecule has 1 aliphatic rings. The van der Waals surface area contributed by atoms with E-state index in [1.807, 2.05) is 54.7 Å². The molecule has 1 fully saturated rings. The Bertz CT molecular complexity index is 1140. The van der Waals surface area contributed by atoms with Crippen molar-refractivity contribution in [3.8, 4) is 0 Å². The minimum Gasteiger partial charge on any atom is -0.338 e. The molecule has 3 aromatic rings. The molecule has 1 N–H and O–H groups in total. The summed E-state index contributed by atoms with van der Waals surface area (Å²) in [4.78, 5) is 19.2. The topological polar surface area (TPSA) is 84.3 Å². The molecule has 2 aromatic carbocycles. The normalized spacial score (nSPS) is 15.2. The molecule has 0 radical (unpaired) electrons. The third-order valence-corrected chi connectivity index (χ3v) is 7.16. The van der Waals surface area contributed by atoms with Crippen molar-refractivity contribution >= 4 is 15.9 Å². The number of nitrogens with one attached hydrogen (secondary N) is 1. The Kier molecular flexibility index (Phi) is 6.20. The summed E-state index contributed by atoms with van der Waals surface area (Å²) in [5.41, 5.74) is 2.07. The predicted molar refractivity (Wildman–Crippen MR) is 118 cm³/mol. The zero-order valence-corrected chi connectivity index (χ0v) is 18.3. The summed E-state index contributed by atoms with van der Waals surface area (Å²) < 4.78 is 30.3. The number of hydrogen-bond acceptors (Lipinski definition) is 4. The van der Waals surface area contributed by atoms with Crippen LogP contribution in [0.3, 0.4) is 0 Å². The molecule has 0 saturated carbocycles. The SMILES string of the molecule is Cc1ccc(S(=O)(=O)NCc2ccccc2)cc1C(=O)N1CCC(n2ccnc2)CC1. The van der Waals surface area contributed by atoms with Crippen LogP contribution >= 0.6 is 0 Å². The van der Waals surface area contributed by atoms with Gasteiger partial charge in [-0.1, -0.05) is 36.4 Å². The maximum atomic E-state index is 13.2. The number of amides is 1. The summed E-state index contributed by atoms with van der Waals surface area (Å²) in [7, 11) is -3.73. The van der Waals surface area contributed by atoms with Gasteiger partial charge in [-0.25, -0.2) is 18.1 Å². The Morgan fingerprint density at radius 2 is 1.87 bits per heavy atom. The number of hydrogen-bond donors (Lipinski definition) is 1. The second-order valence-electron chi connectivity index (χ2n) is 7.82. The second-order valence-corrected chi connectivity index (χ2v) is 9.59. The van der Waals surface area contributed by atoms with Crippen molar-refractivity contribution in [3.63, 3.8) is 0 Å². The van der Waals surface area contributed by atoms with Crippen LogP contribution in [0.1, 0.15) is 40.4 Å². The lowest BCUT2D eigenvalue weighted by molar-refractivity contribution is 0.0693. The quantitative estimate of drug-likeness (QED) is 0.641. The van der Waals surface area contributed by atoms with Gasteiger partial charge in [-0.2, -0.15) is 0 Å². The van der Waals surface area contributed by atoms with Crippen LogP contribution in [-0.4, -0.2) is 41.9 Å². The summed E-state index contributed by atoms with van der Waals surface area (Å²) >= 11 is 0. The van der Waals surface area contributed by atoms with Gasteiger partial charge < -0.3 is 9.47 Å². The maximum Gasteiger partial charge on any atom is 0.254 e. The number of piperidine rings is 1. The van der Waals surface area contributed by atoms with Crippen LogP contribution in [0.5, 0.6) is 0 Å². The van der Waals surface area contributed by atoms with Gasteiger partial charge >= 0.3 is 0 Å². The number of rotatable bonds is 6. The van der Waals surface area contributed by atoms with Crippen molar-refractivity contribution in [3.05, 3.63) is 83.9 Å². The summed E-state index contributed by atoms with van der Waals surface area (Å²) in [6.07, 6.45) is 7.21. The number of likely N-dealkylation sites (tertiary alicyclic amines) is 1. The van der Waals surface area contributed by atoms with Crippen molar-refractivity contribution in [2.24, 2.45) is 0 Å². The number of aryl methyl sites for hydroxylation is 1. The minimum atomic E-state index is -3.73. The zero-order valence-electron chi connectivity index (χ0n) is 17.4. The molecule has 7 nitrogen and oxygen atoms in total. The Balaban J connectivity index is 1.46. The largest absolute Gasteiger partial charge is 0.338 e. The second kappa shape index (κ2) is 9.03. The first-order chi connectivity index (χ1) is 14.9. The van der Waals surface area contributed by atoms with Crippen LogP contribution in [0.25, 0.3) is 0 Å². The number of imidazole rings is 1. The van der Waals surface area contributed by atoms with E-state index in [0.717, 1.165) is 24.0 Å². The molecule has 31 heavy (non-hydrogen) atoms. The van der Waals surface area contributed by atoms with Crippen molar-refractivity contribution in [2.75, 3.05) is 13.1 Å². The molecule has 1 saturated heterocycles. The molecule has 1 aromatic heterocycles. The van der Waals surface area contributed by atoms with Gasteiger partial charge in [-0.15, -0.1) is 0 Å². The highest BCUT2D eigenvalue weighted by Gasteiger charge is 2.26. The van der Waals surface area contributed by atoms with E-state index in [1.165, 1.54) is 6.07 Å². The first kappa shape index (κ1) is 21.3. The molecule has 0 aliphatic carbocycles. The lowest BCUT2D eigenvalue weighted by atomic mass is 10.0. The van der Waals surface area contributed by atoms with E-state index in [4.69, 9.17) is 0 Å². The molecule has 4 rings (SSSR count). The molecular formula is C23H26N4O3S. The number of aromatic nitrogens is 2. The summed E-state index contributed by atoms with van der Waals surface area (Å²) in [6, 6.07) is 14.4. The maximum absolute atomic E-state index is 13.2. The fourth-order valence-electron chi connectivity index (χ4n) is 3.88. The number of sulfonamides is 1. The third-order valence-electron chi connectivity index (χ3n) is 5.76. The van der Waals surface area contributed by atoms with Gasteiger partial charge in [0.05, 0.1) is 11.2 Å². The molecule has 0 unspecified atom stereocenters. The highest BCUT2D eigenvalue weighted by molar-refractivity contribution is 7.89. The van der Waals surface area contributed by atoms with Gasteiger partial charge in [-0.05, 0) is 43.0 Å². The monoisotopic (exact) mass is 438 g/mol. The van der Waals surface area contributed by atoms with Gasteiger partial charge in [-0.3, -0.25) is 4.79 Å². The summed E-state index contributed by atoms with van der Waals surface area (Å²) in [6.45, 7) is 3.29. The van der Waals surface area contributed by atoms with Gasteiger partial charge in [0, 0.05) is 43.6 Å². The fourth-order valence-corrected chi connectivity index (χ4v) is 4.92. The van der Waals surface area contributed by atoms with Crippen LogP contribution in [0, 0.1) is 6.92 Å². The molecule has 0 spiro atoms. The van der Waals surface area contributed by atoms with Gasteiger partial charge in [0.1, 0.15) is 0 Å². The van der Waals surface area contributed by atoms with E-state index in [2.05, 4.69) is 14.3 Å². The average molecular weight is 439 g/mol. The smallest absolute Gasteiger partial charge is 0.254 e. The van der Waals surface area contributed by atoms with Crippen LogP contribution in [0.15, 0.2) is 72.1 Å². The molecular weight excluding hydrogens is 412 g/mol. The molecule has 0 atom stereocenters. The zero-order chi connectivity index (χ0) is 21.8. The Morgan fingerprint density at radius 1 is 1.13 bits per heavy atom. The van der Waals surface area contributed by atoms with E-state index in [1.54, 1.807) is 18.3 Å². The summed E-state index contributed by atoms with van der Waals surface area (Å²) in [5, 5.41) is 0. The van der Waals surface area contributed by atoms with Gasteiger partial charge in [0.15, 0.2) is 0 Å². The number of carbonyl (C=O) groups is 1. The number of nitrogens with zero attached hydrogens (tertiary/aromatic N) is 3. The van der Waals surface area contributed by atoms with Crippen LogP contribution in [-0.2, 0) is 16.6 Å². The average Bonchev–Trinajstić information content (AvgIpc) is 3.33. The van der Waals surface area contributed by atoms with E-state index in [0.29, 0.717) is 24.7 Å². The molecule has 162 valence electrons. The van der Waals surface area contributed by atoms with E-state index >= 15 is 0 Å². The minimum absolute atomic E-state index is 0.102. The molecule has 8 heteroatoms. The Labute approximate surface area is 182 Å². The van der Waals surface area contributed by atoms with E-state index < -0.39 is 10.0 Å². The predicted octanol–water partition coefficient (Wildman–Crippen LogP) is 3.15. The Morgan fingerprint density at radius 3 is 2.55 bits per heavy atom. The van der Waals surface area contributed by atoms with Crippen molar-refractivity contribution in [1.29, 1.82) is 0 Å². The summed E-state index contributed by atoms with van der Waals surface area (Å²) in [5.74, 6) is -0.123. The molecule has 1 aliphatic heterocycles. The van der Waals surface area contributed by atoms with Crippen LogP contribution in [0.4, 0.5) is 0 Å². The first-order valence-electron chi connectivity index (χ1n) is 10.3. The number of carbonyl (C=O) groups excluding carboxylic acids is 1. The molecule has 0 bridgehead atoms. The lowest BCUT2D eigenvalue weighted by Gasteiger charge is -2.33. The van der Waals surface area contributed by atoms with E-state index in [9.17, 15) is 13.2 Å². The van der Waals surface area contributed by atoms with Crippen molar-refractivity contribution in [1.82, 2.24) is 19.2 Å². The van der Waals surface area contributed by atoms with E-state index in [-0.39, 0.29) is 17.3 Å². The van der Waals surface area contributed by atoms with Gasteiger partial charge in [0.2, 0.25) is 10.0 Å². The fraction of sp³-hybridized carbons (Fsp3) is 0.304. The highest BCUT2D eigenvalue weighted by atomic mass is 32.2. The first-order valence-corrected chi connectivity index (χ1v) is 11.8. The van der Waals surface area contributed by atoms with Gasteiger partial charge in [0.25, 0.3) is 5.91 Å². The number of benzene rings is 2. The lowest BCUT2D eigenvalue weighted by Crippen LogP contribution is -2.39. The van der Waals surface area contributed by atoms with Crippen molar-refractivity contribution in [2.45, 2.75) is 37.2 Å². The van der Waals surface area contributed by atoms with Crippen molar-refractivity contribution < 1.29 is 13.2 Å². The van der Waals surface area contributed by atoms with Crippen LogP contribution < -0.4 is 4.72 Å². The van der Waals surface area contributed by atoms with Crippen LogP contribution in [0.2, 0.25) is 0 Å².